The van der Waals surface area contributed by atoms with Crippen LogP contribution in [0.3, 0.4) is 0 Å². The van der Waals surface area contributed by atoms with Crippen LogP contribution in [0.15, 0.2) is 84.9 Å². The fourth-order valence-electron chi connectivity index (χ4n) is 5.33. The molecule has 3 nitrogen and oxygen atoms in total. The second-order valence-corrected chi connectivity index (χ2v) is 8.84. The van der Waals surface area contributed by atoms with E-state index in [1.807, 2.05) is 6.07 Å². The number of hydrogen-bond donors (Lipinski definition) is 0. The van der Waals surface area contributed by atoms with Gasteiger partial charge in [-0.15, -0.1) is 0 Å². The zero-order chi connectivity index (χ0) is 21.1. The highest BCUT2D eigenvalue weighted by atomic mass is 16.5. The lowest BCUT2D eigenvalue weighted by Gasteiger charge is -2.41. The zero-order valence-electron chi connectivity index (χ0n) is 17.9. The minimum Gasteiger partial charge on any atom is -0.375 e. The average molecular weight is 412 g/mol. The maximum Gasteiger partial charge on any atom is 0.223 e. The summed E-state index contributed by atoms with van der Waals surface area (Å²) >= 11 is 0. The van der Waals surface area contributed by atoms with Crippen LogP contribution in [0.2, 0.25) is 0 Å². The number of benzene rings is 3. The van der Waals surface area contributed by atoms with E-state index in [0.717, 1.165) is 31.5 Å². The Hall–Kier alpha value is -2.91. The molecule has 3 aromatic carbocycles. The number of rotatable bonds is 4. The number of likely N-dealkylation sites (tertiary alicyclic amines) is 1. The van der Waals surface area contributed by atoms with E-state index in [9.17, 15) is 4.79 Å². The SMILES string of the molecule is O=C(CC1(c2ccccc2)COCc2ccccc21)N1CCC(c2ccccc2)CC1. The van der Waals surface area contributed by atoms with Gasteiger partial charge in [-0.05, 0) is 41.0 Å². The van der Waals surface area contributed by atoms with Gasteiger partial charge in [0.05, 0.1) is 18.6 Å². The smallest absolute Gasteiger partial charge is 0.223 e. The van der Waals surface area contributed by atoms with Crippen molar-refractivity contribution in [1.82, 2.24) is 4.90 Å². The second kappa shape index (κ2) is 8.68. The van der Waals surface area contributed by atoms with Crippen LogP contribution in [0, 0.1) is 0 Å². The molecule has 1 unspecified atom stereocenters. The molecule has 0 aliphatic carbocycles. The molecule has 5 rings (SSSR count). The van der Waals surface area contributed by atoms with E-state index in [4.69, 9.17) is 4.74 Å². The van der Waals surface area contributed by atoms with Crippen LogP contribution >= 0.6 is 0 Å². The Balaban J connectivity index is 1.38. The number of ether oxygens (including phenoxy) is 1. The molecule has 31 heavy (non-hydrogen) atoms. The molecule has 158 valence electrons. The molecule has 1 saturated heterocycles. The van der Waals surface area contributed by atoms with Crippen molar-refractivity contribution in [3.8, 4) is 0 Å². The molecular weight excluding hydrogens is 382 g/mol. The summed E-state index contributed by atoms with van der Waals surface area (Å²) < 4.78 is 6.06. The van der Waals surface area contributed by atoms with Crippen LogP contribution in [0.25, 0.3) is 0 Å². The molecule has 2 aliphatic rings. The highest BCUT2D eigenvalue weighted by Crippen LogP contribution is 2.42. The molecule has 0 radical (unpaired) electrons. The van der Waals surface area contributed by atoms with E-state index < -0.39 is 5.41 Å². The molecule has 0 bridgehead atoms. The van der Waals surface area contributed by atoms with Crippen LogP contribution in [0.5, 0.6) is 0 Å². The topological polar surface area (TPSA) is 29.5 Å². The Morgan fingerprint density at radius 2 is 1.52 bits per heavy atom. The standard InChI is InChI=1S/C28H29NO2/c30-27(29-17-15-23(16-18-29)22-9-3-1-4-10-22)19-28(25-12-5-2-6-13-25)21-31-20-24-11-7-8-14-26(24)28/h1-14,23H,15-21H2. The molecule has 0 spiro atoms. The lowest BCUT2D eigenvalue weighted by atomic mass is 9.69. The highest BCUT2D eigenvalue weighted by molar-refractivity contribution is 5.79. The predicted molar refractivity (Wildman–Crippen MR) is 123 cm³/mol. The molecule has 2 heterocycles. The molecule has 3 aromatic rings. The van der Waals surface area contributed by atoms with Crippen LogP contribution in [-0.2, 0) is 21.6 Å². The van der Waals surface area contributed by atoms with Crippen LogP contribution in [0.1, 0.15) is 47.4 Å². The van der Waals surface area contributed by atoms with Crippen LogP contribution in [0.4, 0.5) is 0 Å². The number of amides is 1. The van der Waals surface area contributed by atoms with Crippen molar-refractivity contribution in [2.24, 2.45) is 0 Å². The molecule has 0 N–H and O–H groups in total. The molecule has 1 amide bonds. The number of nitrogens with zero attached hydrogens (tertiary/aromatic N) is 1. The Bertz CT molecular complexity index is 1030. The molecule has 1 atom stereocenters. The third-order valence-electron chi connectivity index (χ3n) is 7.04. The zero-order valence-corrected chi connectivity index (χ0v) is 17.9. The summed E-state index contributed by atoms with van der Waals surface area (Å²) in [6.45, 7) is 2.80. The molecule has 0 aromatic heterocycles. The maximum atomic E-state index is 13.6. The molecule has 0 saturated carbocycles. The van der Waals surface area contributed by atoms with Crippen LogP contribution in [-0.4, -0.2) is 30.5 Å². The second-order valence-electron chi connectivity index (χ2n) is 8.84. The van der Waals surface area contributed by atoms with Gasteiger partial charge in [0.1, 0.15) is 0 Å². The van der Waals surface area contributed by atoms with Crippen molar-refractivity contribution in [3.63, 3.8) is 0 Å². The maximum absolute atomic E-state index is 13.6. The number of piperidine rings is 1. The Kier molecular flexibility index (Phi) is 5.61. The van der Waals surface area contributed by atoms with Gasteiger partial charge >= 0.3 is 0 Å². The lowest BCUT2D eigenvalue weighted by molar-refractivity contribution is -0.134. The number of carbonyl (C=O) groups is 1. The predicted octanol–water partition coefficient (Wildman–Crippen LogP) is 5.30. The van der Waals surface area contributed by atoms with E-state index in [1.165, 1.54) is 16.7 Å². The highest BCUT2D eigenvalue weighted by Gasteiger charge is 2.42. The van der Waals surface area contributed by atoms with E-state index in [2.05, 4.69) is 83.8 Å². The van der Waals surface area contributed by atoms with Gasteiger partial charge in [0.15, 0.2) is 0 Å². The summed E-state index contributed by atoms with van der Waals surface area (Å²) in [6, 6.07) is 29.6. The van der Waals surface area contributed by atoms with Gasteiger partial charge in [0, 0.05) is 19.5 Å². The first-order valence-electron chi connectivity index (χ1n) is 11.3. The van der Waals surface area contributed by atoms with E-state index in [1.54, 1.807) is 0 Å². The van der Waals surface area contributed by atoms with Gasteiger partial charge in [-0.2, -0.15) is 0 Å². The summed E-state index contributed by atoms with van der Waals surface area (Å²) in [5.41, 5.74) is 4.55. The van der Waals surface area contributed by atoms with Gasteiger partial charge in [-0.25, -0.2) is 0 Å². The third kappa shape index (κ3) is 3.90. The molecule has 2 aliphatic heterocycles. The van der Waals surface area contributed by atoms with Gasteiger partial charge in [0.25, 0.3) is 0 Å². The number of carbonyl (C=O) groups excluding carboxylic acids is 1. The fourth-order valence-corrected chi connectivity index (χ4v) is 5.33. The van der Waals surface area contributed by atoms with Crippen molar-refractivity contribution < 1.29 is 9.53 Å². The summed E-state index contributed by atoms with van der Waals surface area (Å²) in [7, 11) is 0. The van der Waals surface area contributed by atoms with Crippen molar-refractivity contribution in [3.05, 3.63) is 107 Å². The van der Waals surface area contributed by atoms with E-state index in [-0.39, 0.29) is 5.91 Å². The summed E-state index contributed by atoms with van der Waals surface area (Å²) in [4.78, 5) is 15.6. The Morgan fingerprint density at radius 1 is 0.871 bits per heavy atom. The first-order chi connectivity index (χ1) is 15.3. The first-order valence-corrected chi connectivity index (χ1v) is 11.3. The van der Waals surface area contributed by atoms with Crippen molar-refractivity contribution in [2.75, 3.05) is 19.7 Å². The quantitative estimate of drug-likeness (QED) is 0.583. The minimum absolute atomic E-state index is 0.232. The van der Waals surface area contributed by atoms with Gasteiger partial charge in [-0.1, -0.05) is 84.9 Å². The van der Waals surface area contributed by atoms with Crippen molar-refractivity contribution in [1.29, 1.82) is 0 Å². The summed E-state index contributed by atoms with van der Waals surface area (Å²) in [6.07, 6.45) is 2.51. The molecular formula is C28H29NO2. The van der Waals surface area contributed by atoms with Gasteiger partial charge in [0.2, 0.25) is 5.91 Å². The van der Waals surface area contributed by atoms with Crippen molar-refractivity contribution >= 4 is 5.91 Å². The fraction of sp³-hybridized carbons (Fsp3) is 0.321. The first kappa shape index (κ1) is 20.0. The monoisotopic (exact) mass is 411 g/mol. The Labute approximate surface area is 184 Å². The van der Waals surface area contributed by atoms with Crippen molar-refractivity contribution in [2.45, 2.75) is 37.2 Å². The van der Waals surface area contributed by atoms with E-state index in [0.29, 0.717) is 25.6 Å². The lowest BCUT2D eigenvalue weighted by Crippen LogP contribution is -2.45. The van der Waals surface area contributed by atoms with Gasteiger partial charge in [-0.3, -0.25) is 4.79 Å². The van der Waals surface area contributed by atoms with Crippen LogP contribution < -0.4 is 0 Å². The average Bonchev–Trinajstić information content (AvgIpc) is 2.85. The van der Waals surface area contributed by atoms with E-state index >= 15 is 0 Å². The third-order valence-corrected chi connectivity index (χ3v) is 7.04. The number of hydrogen-bond acceptors (Lipinski definition) is 2. The van der Waals surface area contributed by atoms with Gasteiger partial charge < -0.3 is 9.64 Å². The number of fused-ring (bicyclic) bond motifs is 1. The molecule has 3 heteroatoms. The summed E-state index contributed by atoms with van der Waals surface area (Å²) in [5.74, 6) is 0.780. The summed E-state index contributed by atoms with van der Waals surface area (Å²) in [5, 5.41) is 0. The largest absolute Gasteiger partial charge is 0.375 e. The molecule has 1 fully saturated rings. The Morgan fingerprint density at radius 3 is 2.26 bits per heavy atom. The minimum atomic E-state index is -0.427. The normalized spacial score (nSPS) is 21.5.